The van der Waals surface area contributed by atoms with E-state index in [1.165, 1.54) is 25.8 Å². The Morgan fingerprint density at radius 3 is 2.00 bits per heavy atom. The molecular weight excluding hydrogens is 157 g/mol. The van der Waals surface area contributed by atoms with Crippen LogP contribution >= 0.6 is 0 Å². The van der Waals surface area contributed by atoms with E-state index in [-0.39, 0.29) is 16.5 Å². The van der Waals surface area contributed by atoms with E-state index >= 15 is 0 Å². The molecule has 9 heavy (non-hydrogen) atoms. The summed E-state index contributed by atoms with van der Waals surface area (Å²) < 4.78 is 0. The van der Waals surface area contributed by atoms with E-state index in [0.29, 0.717) is 0 Å². The number of hydrogen-bond acceptors (Lipinski definition) is 1. The molecule has 0 saturated carbocycles. The van der Waals surface area contributed by atoms with Crippen LogP contribution in [0.15, 0.2) is 0 Å². The zero-order chi connectivity index (χ0) is 6.41. The van der Waals surface area contributed by atoms with Crippen molar-refractivity contribution in [2.24, 2.45) is 0 Å². The molecule has 0 rings (SSSR count). The number of hydrogen-bond donors (Lipinski definition) is 0. The minimum atomic E-state index is 0. The van der Waals surface area contributed by atoms with Gasteiger partial charge in [-0.15, -0.1) is 0 Å². The van der Waals surface area contributed by atoms with Crippen LogP contribution in [0.2, 0.25) is 0 Å². The number of rotatable bonds is 4. The van der Waals surface area contributed by atoms with Crippen molar-refractivity contribution in [3.63, 3.8) is 0 Å². The molecule has 2 heteroatoms. The maximum atomic E-state index is 2.23. The second-order valence-electron chi connectivity index (χ2n) is 2.51. The minimum Gasteiger partial charge on any atom is -0.309 e. The van der Waals surface area contributed by atoms with Crippen molar-refractivity contribution in [2.45, 2.75) is 26.2 Å². The van der Waals surface area contributed by atoms with Gasteiger partial charge in [-0.25, -0.2) is 0 Å². The molecule has 0 N–H and O–H groups in total. The Morgan fingerprint density at radius 2 is 1.67 bits per heavy atom. The topological polar surface area (TPSA) is 3.24 Å². The van der Waals surface area contributed by atoms with Crippen LogP contribution in [0.25, 0.3) is 0 Å². The summed E-state index contributed by atoms with van der Waals surface area (Å²) in [5, 5.41) is 0. The van der Waals surface area contributed by atoms with Crippen LogP contribution in [0.1, 0.15) is 26.2 Å². The van der Waals surface area contributed by atoms with Crippen LogP contribution in [0.5, 0.6) is 0 Å². The first-order chi connectivity index (χ1) is 3.77. The van der Waals surface area contributed by atoms with Crippen LogP contribution in [0, 0.1) is 0 Å². The molecule has 0 aliphatic carbocycles. The maximum absolute atomic E-state index is 2.23. The molecular formula is C7H17NNi. The van der Waals surface area contributed by atoms with Gasteiger partial charge in [-0.2, -0.15) is 0 Å². The van der Waals surface area contributed by atoms with Gasteiger partial charge in [0.05, 0.1) is 0 Å². The monoisotopic (exact) mass is 173 g/mol. The third kappa shape index (κ3) is 11.8. The summed E-state index contributed by atoms with van der Waals surface area (Å²) in [6, 6.07) is 0. The molecule has 0 aromatic carbocycles. The first-order valence-electron chi connectivity index (χ1n) is 3.42. The Hall–Kier alpha value is 0.454. The summed E-state index contributed by atoms with van der Waals surface area (Å²) >= 11 is 0. The average molecular weight is 174 g/mol. The fourth-order valence-corrected chi connectivity index (χ4v) is 0.678. The fourth-order valence-electron chi connectivity index (χ4n) is 0.678. The predicted octanol–water partition coefficient (Wildman–Crippen LogP) is 1.74. The summed E-state index contributed by atoms with van der Waals surface area (Å²) in [7, 11) is 4.24. The van der Waals surface area contributed by atoms with Gasteiger partial charge in [0, 0.05) is 16.5 Å². The summed E-state index contributed by atoms with van der Waals surface area (Å²) in [4.78, 5) is 2.23. The Kier molecular flexibility index (Phi) is 11.4. The molecule has 0 aromatic heterocycles. The van der Waals surface area contributed by atoms with E-state index < -0.39 is 0 Å². The quantitative estimate of drug-likeness (QED) is 0.463. The summed E-state index contributed by atoms with van der Waals surface area (Å²) in [5.74, 6) is 0. The second kappa shape index (κ2) is 8.45. The molecule has 0 spiro atoms. The fraction of sp³-hybridized carbons (Fsp3) is 1.00. The van der Waals surface area contributed by atoms with Crippen LogP contribution in [0.3, 0.4) is 0 Å². The van der Waals surface area contributed by atoms with Crippen molar-refractivity contribution < 1.29 is 16.5 Å². The van der Waals surface area contributed by atoms with Crippen molar-refractivity contribution in [3.05, 3.63) is 0 Å². The summed E-state index contributed by atoms with van der Waals surface area (Å²) in [6.07, 6.45) is 4.05. The molecule has 0 aliphatic rings. The van der Waals surface area contributed by atoms with Gasteiger partial charge in [0.15, 0.2) is 0 Å². The molecule has 1 nitrogen and oxygen atoms in total. The van der Waals surface area contributed by atoms with E-state index in [2.05, 4.69) is 25.9 Å². The molecule has 0 aromatic rings. The molecule has 0 heterocycles. The third-order valence-electron chi connectivity index (χ3n) is 1.21. The smallest absolute Gasteiger partial charge is 0 e. The molecule has 0 radical (unpaired) electrons. The van der Waals surface area contributed by atoms with Gasteiger partial charge < -0.3 is 4.90 Å². The van der Waals surface area contributed by atoms with E-state index in [4.69, 9.17) is 0 Å². The first kappa shape index (κ1) is 12.2. The van der Waals surface area contributed by atoms with E-state index in [1.54, 1.807) is 0 Å². The minimum absolute atomic E-state index is 0. The SMILES string of the molecule is CCCCCN(C)C.[Ni]. The summed E-state index contributed by atoms with van der Waals surface area (Å²) in [5.41, 5.74) is 0. The van der Waals surface area contributed by atoms with Crippen LogP contribution in [-0.4, -0.2) is 25.5 Å². The first-order valence-corrected chi connectivity index (χ1v) is 3.42. The van der Waals surface area contributed by atoms with Crippen LogP contribution < -0.4 is 0 Å². The molecule has 0 fully saturated rings. The van der Waals surface area contributed by atoms with Gasteiger partial charge in [0.1, 0.15) is 0 Å². The molecule has 0 unspecified atom stereocenters. The number of nitrogens with zero attached hydrogens (tertiary/aromatic N) is 1. The standard InChI is InChI=1S/C7H17N.Ni/c1-4-5-6-7-8(2)3;/h4-7H2,1-3H3;. The van der Waals surface area contributed by atoms with Gasteiger partial charge in [0.25, 0.3) is 0 Å². The second-order valence-corrected chi connectivity index (χ2v) is 2.51. The summed E-state index contributed by atoms with van der Waals surface area (Å²) in [6.45, 7) is 3.48. The molecule has 0 atom stereocenters. The molecule has 0 aliphatic heterocycles. The van der Waals surface area contributed by atoms with Crippen LogP contribution in [-0.2, 0) is 16.5 Å². The Labute approximate surface area is 68.7 Å². The van der Waals surface area contributed by atoms with E-state index in [9.17, 15) is 0 Å². The zero-order valence-corrected chi connectivity index (χ0v) is 7.58. The van der Waals surface area contributed by atoms with E-state index in [0.717, 1.165) is 0 Å². The van der Waals surface area contributed by atoms with Crippen molar-refractivity contribution >= 4 is 0 Å². The normalized spacial score (nSPS) is 9.33. The third-order valence-corrected chi connectivity index (χ3v) is 1.21. The van der Waals surface area contributed by atoms with Crippen molar-refractivity contribution in [2.75, 3.05) is 20.6 Å². The molecule has 0 amide bonds. The van der Waals surface area contributed by atoms with Gasteiger partial charge >= 0.3 is 0 Å². The number of unbranched alkanes of at least 4 members (excludes halogenated alkanes) is 2. The Bertz CT molecular complexity index is 46.2. The van der Waals surface area contributed by atoms with Gasteiger partial charge in [-0.3, -0.25) is 0 Å². The zero-order valence-electron chi connectivity index (χ0n) is 6.59. The molecule has 0 bridgehead atoms. The Balaban J connectivity index is 0. The van der Waals surface area contributed by atoms with Crippen LogP contribution in [0.4, 0.5) is 0 Å². The van der Waals surface area contributed by atoms with E-state index in [1.807, 2.05) is 0 Å². The predicted molar refractivity (Wildman–Crippen MR) is 38.1 cm³/mol. The van der Waals surface area contributed by atoms with Crippen molar-refractivity contribution in [3.8, 4) is 0 Å². The maximum Gasteiger partial charge on any atom is 0 e. The molecule has 60 valence electrons. The molecule has 0 saturated heterocycles. The van der Waals surface area contributed by atoms with Gasteiger partial charge in [-0.1, -0.05) is 19.8 Å². The van der Waals surface area contributed by atoms with Crippen molar-refractivity contribution in [1.29, 1.82) is 0 Å². The van der Waals surface area contributed by atoms with Crippen molar-refractivity contribution in [1.82, 2.24) is 4.90 Å². The largest absolute Gasteiger partial charge is 0.309 e. The Morgan fingerprint density at radius 1 is 1.11 bits per heavy atom. The van der Waals surface area contributed by atoms with Gasteiger partial charge in [-0.05, 0) is 27.1 Å². The van der Waals surface area contributed by atoms with Gasteiger partial charge in [0.2, 0.25) is 0 Å². The average Bonchev–Trinajstić information content (AvgIpc) is 1.66.